The van der Waals surface area contributed by atoms with Crippen molar-refractivity contribution in [1.82, 2.24) is 14.9 Å². The van der Waals surface area contributed by atoms with Gasteiger partial charge >= 0.3 is 6.03 Å². The number of ether oxygens (including phenoxy) is 1. The number of nitrogens with one attached hydrogen (secondary N) is 2. The first-order chi connectivity index (χ1) is 11.8. The van der Waals surface area contributed by atoms with Crippen LogP contribution >= 0.6 is 0 Å². The predicted octanol–water partition coefficient (Wildman–Crippen LogP) is 0.223. The molecule has 0 spiro atoms. The number of benzene rings is 1. The van der Waals surface area contributed by atoms with Gasteiger partial charge in [0.05, 0.1) is 23.0 Å². The van der Waals surface area contributed by atoms with Crippen molar-refractivity contribution in [2.24, 2.45) is 0 Å². The minimum atomic E-state index is -3.90. The Morgan fingerprint density at radius 1 is 1.32 bits per heavy atom. The van der Waals surface area contributed by atoms with Crippen LogP contribution in [0.1, 0.15) is 5.56 Å². The summed E-state index contributed by atoms with van der Waals surface area (Å²) >= 11 is 0. The first kappa shape index (κ1) is 19.1. The number of nitro benzene ring substituents is 1. The second kappa shape index (κ2) is 8.23. The van der Waals surface area contributed by atoms with Crippen LogP contribution in [0.15, 0.2) is 23.1 Å². The highest BCUT2D eigenvalue weighted by Gasteiger charge is 2.20. The Hall–Kier alpha value is -2.24. The third kappa shape index (κ3) is 5.11. The number of amides is 2. The fraction of sp³-hybridized carbons (Fsp3) is 0.500. The molecular weight excluding hydrogens is 352 g/mol. The standard InChI is InChI=1S/C14H20N4O6S/c1-11-2-3-12(10-13(11)18(20)21)25(22,23)16-5-4-15-14(19)17-6-8-24-9-7-17/h2-3,10,16H,4-9H2,1H3,(H,15,19). The van der Waals surface area contributed by atoms with Crippen LogP contribution in [0.25, 0.3) is 0 Å². The molecule has 1 aromatic rings. The van der Waals surface area contributed by atoms with E-state index in [-0.39, 0.29) is 29.7 Å². The zero-order valence-corrected chi connectivity index (χ0v) is 14.5. The first-order valence-corrected chi connectivity index (χ1v) is 9.15. The molecule has 1 saturated heterocycles. The zero-order chi connectivity index (χ0) is 18.4. The lowest BCUT2D eigenvalue weighted by Crippen LogP contribution is -2.47. The van der Waals surface area contributed by atoms with E-state index < -0.39 is 14.9 Å². The largest absolute Gasteiger partial charge is 0.378 e. The van der Waals surface area contributed by atoms with Crippen molar-refractivity contribution in [3.8, 4) is 0 Å². The maximum absolute atomic E-state index is 12.2. The van der Waals surface area contributed by atoms with Crippen LogP contribution in [0.3, 0.4) is 0 Å². The molecule has 0 unspecified atom stereocenters. The molecule has 0 bridgehead atoms. The molecule has 1 heterocycles. The number of carbonyl (C=O) groups is 1. The number of rotatable bonds is 6. The lowest BCUT2D eigenvalue weighted by Gasteiger charge is -2.26. The summed E-state index contributed by atoms with van der Waals surface area (Å²) in [4.78, 5) is 23.5. The molecule has 2 amide bonds. The summed E-state index contributed by atoms with van der Waals surface area (Å²) in [6, 6.07) is 3.42. The Balaban J connectivity index is 1.88. The van der Waals surface area contributed by atoms with Gasteiger partial charge in [0.15, 0.2) is 0 Å². The summed E-state index contributed by atoms with van der Waals surface area (Å²) in [5, 5.41) is 13.5. The number of carbonyl (C=O) groups excluding carboxylic acids is 1. The molecule has 0 aliphatic carbocycles. The van der Waals surface area contributed by atoms with Crippen molar-refractivity contribution in [1.29, 1.82) is 0 Å². The van der Waals surface area contributed by atoms with Gasteiger partial charge in [-0.2, -0.15) is 0 Å². The van der Waals surface area contributed by atoms with E-state index in [2.05, 4.69) is 10.0 Å². The number of hydrogen-bond acceptors (Lipinski definition) is 6. The number of urea groups is 1. The van der Waals surface area contributed by atoms with Crippen molar-refractivity contribution in [3.63, 3.8) is 0 Å². The molecular formula is C14H20N4O6S. The average Bonchev–Trinajstić information content (AvgIpc) is 2.59. The number of hydrogen-bond donors (Lipinski definition) is 2. The van der Waals surface area contributed by atoms with Gasteiger partial charge in [0.1, 0.15) is 0 Å². The van der Waals surface area contributed by atoms with Crippen molar-refractivity contribution in [2.75, 3.05) is 39.4 Å². The van der Waals surface area contributed by atoms with Crippen molar-refractivity contribution < 1.29 is 22.9 Å². The zero-order valence-electron chi connectivity index (χ0n) is 13.7. The maximum Gasteiger partial charge on any atom is 0.317 e. The second-order valence-corrected chi connectivity index (χ2v) is 7.20. The molecule has 25 heavy (non-hydrogen) atoms. The van der Waals surface area contributed by atoms with Crippen molar-refractivity contribution >= 4 is 21.7 Å². The summed E-state index contributed by atoms with van der Waals surface area (Å²) in [6.45, 7) is 3.54. The average molecular weight is 372 g/mol. The lowest BCUT2D eigenvalue weighted by atomic mass is 10.2. The molecule has 1 aromatic carbocycles. The lowest BCUT2D eigenvalue weighted by molar-refractivity contribution is -0.385. The molecule has 1 aliphatic rings. The number of aryl methyl sites for hydroxylation is 1. The Kier molecular flexibility index (Phi) is 6.28. The molecule has 0 saturated carbocycles. The minimum absolute atomic E-state index is 0.0277. The summed E-state index contributed by atoms with van der Waals surface area (Å²) in [5.74, 6) is 0. The fourth-order valence-electron chi connectivity index (χ4n) is 2.27. The molecule has 11 heteroatoms. The van der Waals surface area contributed by atoms with E-state index in [1.54, 1.807) is 4.90 Å². The van der Waals surface area contributed by atoms with Crippen LogP contribution in [0.2, 0.25) is 0 Å². The predicted molar refractivity (Wildman–Crippen MR) is 88.8 cm³/mol. The first-order valence-electron chi connectivity index (χ1n) is 7.66. The molecule has 138 valence electrons. The van der Waals surface area contributed by atoms with Gasteiger partial charge in [-0.1, -0.05) is 6.07 Å². The van der Waals surface area contributed by atoms with Crippen LogP contribution in [-0.4, -0.2) is 63.7 Å². The van der Waals surface area contributed by atoms with E-state index in [0.29, 0.717) is 31.9 Å². The van der Waals surface area contributed by atoms with Crippen LogP contribution in [0.4, 0.5) is 10.5 Å². The van der Waals surface area contributed by atoms with Crippen LogP contribution < -0.4 is 10.0 Å². The highest BCUT2D eigenvalue weighted by molar-refractivity contribution is 7.89. The number of sulfonamides is 1. The highest BCUT2D eigenvalue weighted by atomic mass is 32.2. The number of nitro groups is 1. The third-order valence-corrected chi connectivity index (χ3v) is 5.14. The SMILES string of the molecule is Cc1ccc(S(=O)(=O)NCCNC(=O)N2CCOCC2)cc1[N+](=O)[O-]. The Morgan fingerprint density at radius 2 is 2.00 bits per heavy atom. The normalized spacial score (nSPS) is 15.0. The number of morpholine rings is 1. The Bertz CT molecular complexity index is 746. The van der Waals surface area contributed by atoms with E-state index in [1.807, 2.05) is 0 Å². The van der Waals surface area contributed by atoms with E-state index in [4.69, 9.17) is 4.74 Å². The molecule has 0 atom stereocenters. The van der Waals surface area contributed by atoms with Crippen molar-refractivity contribution in [2.45, 2.75) is 11.8 Å². The third-order valence-electron chi connectivity index (χ3n) is 3.68. The molecule has 2 rings (SSSR count). The monoisotopic (exact) mass is 372 g/mol. The van der Waals surface area contributed by atoms with Crippen LogP contribution in [0.5, 0.6) is 0 Å². The van der Waals surface area contributed by atoms with Gasteiger partial charge in [-0.15, -0.1) is 0 Å². The Labute approximate surface area is 145 Å². The van der Waals surface area contributed by atoms with Gasteiger partial charge < -0.3 is 15.0 Å². The van der Waals surface area contributed by atoms with Gasteiger partial charge in [-0.25, -0.2) is 17.9 Å². The smallest absolute Gasteiger partial charge is 0.317 e. The quantitative estimate of drug-likeness (QED) is 0.417. The van der Waals surface area contributed by atoms with E-state index in [0.717, 1.165) is 6.07 Å². The Morgan fingerprint density at radius 3 is 2.64 bits per heavy atom. The fourth-order valence-corrected chi connectivity index (χ4v) is 3.32. The summed E-state index contributed by atoms with van der Waals surface area (Å²) in [6.07, 6.45) is 0. The maximum atomic E-state index is 12.2. The van der Waals surface area contributed by atoms with Crippen LogP contribution in [-0.2, 0) is 14.8 Å². The van der Waals surface area contributed by atoms with Gasteiger partial charge in [-0.05, 0) is 13.0 Å². The minimum Gasteiger partial charge on any atom is -0.378 e. The summed E-state index contributed by atoms with van der Waals surface area (Å²) in [7, 11) is -3.90. The molecule has 0 aromatic heterocycles. The van der Waals surface area contributed by atoms with E-state index in [9.17, 15) is 23.3 Å². The molecule has 1 fully saturated rings. The molecule has 2 N–H and O–H groups in total. The van der Waals surface area contributed by atoms with Crippen molar-refractivity contribution in [3.05, 3.63) is 33.9 Å². The van der Waals surface area contributed by atoms with Gasteiger partial charge in [0.2, 0.25) is 10.0 Å². The number of nitrogens with zero attached hydrogens (tertiary/aromatic N) is 2. The van der Waals surface area contributed by atoms with E-state index >= 15 is 0 Å². The topological polar surface area (TPSA) is 131 Å². The van der Waals surface area contributed by atoms with Gasteiger partial charge in [-0.3, -0.25) is 10.1 Å². The van der Waals surface area contributed by atoms with Crippen LogP contribution in [0, 0.1) is 17.0 Å². The molecule has 1 aliphatic heterocycles. The molecule has 10 nitrogen and oxygen atoms in total. The summed E-state index contributed by atoms with van der Waals surface area (Å²) in [5.41, 5.74) is 0.116. The summed E-state index contributed by atoms with van der Waals surface area (Å²) < 4.78 is 31.8. The second-order valence-electron chi connectivity index (χ2n) is 5.43. The van der Waals surface area contributed by atoms with Gasteiger partial charge in [0, 0.05) is 37.8 Å². The van der Waals surface area contributed by atoms with Gasteiger partial charge in [0.25, 0.3) is 5.69 Å². The molecule has 0 radical (unpaired) electrons. The van der Waals surface area contributed by atoms with E-state index in [1.165, 1.54) is 19.1 Å². The highest BCUT2D eigenvalue weighted by Crippen LogP contribution is 2.21.